The van der Waals surface area contributed by atoms with Crippen molar-refractivity contribution in [1.82, 2.24) is 0 Å². The second-order valence-corrected chi connectivity index (χ2v) is 6.49. The molecule has 0 saturated carbocycles. The molecule has 1 aliphatic carbocycles. The highest BCUT2D eigenvalue weighted by molar-refractivity contribution is 5.15. The molecule has 2 unspecified atom stereocenters. The van der Waals surface area contributed by atoms with E-state index in [-0.39, 0.29) is 0 Å². The summed E-state index contributed by atoms with van der Waals surface area (Å²) in [5.41, 5.74) is 3.23. The summed E-state index contributed by atoms with van der Waals surface area (Å²) < 4.78 is 0. The minimum absolute atomic E-state index is 0.793. The highest BCUT2D eigenvalue weighted by atomic mass is 14.2. The lowest BCUT2D eigenvalue weighted by Crippen LogP contribution is -2.10. The van der Waals surface area contributed by atoms with Crippen LogP contribution in [0.5, 0.6) is 0 Å². The topological polar surface area (TPSA) is 0 Å². The van der Waals surface area contributed by atoms with Gasteiger partial charge in [0, 0.05) is 0 Å². The molecule has 1 aromatic carbocycles. The normalized spacial score (nSPS) is 20.5. The Balaban J connectivity index is 1.71. The first kappa shape index (κ1) is 15.4. The van der Waals surface area contributed by atoms with Crippen LogP contribution in [0.3, 0.4) is 0 Å². The van der Waals surface area contributed by atoms with Crippen LogP contribution in [0.25, 0.3) is 0 Å². The van der Waals surface area contributed by atoms with E-state index in [1.165, 1.54) is 56.9 Å². The van der Waals surface area contributed by atoms with Crippen molar-refractivity contribution in [2.45, 2.75) is 65.2 Å². The van der Waals surface area contributed by atoms with E-state index in [0.717, 1.165) is 11.8 Å². The molecule has 0 saturated heterocycles. The fraction of sp³-hybridized carbons (Fsp3) is 0.600. The Kier molecular flexibility index (Phi) is 6.36. The van der Waals surface area contributed by atoms with E-state index in [4.69, 9.17) is 0 Å². The van der Waals surface area contributed by atoms with Gasteiger partial charge in [-0.2, -0.15) is 0 Å². The van der Waals surface area contributed by atoms with Gasteiger partial charge in [0.25, 0.3) is 0 Å². The molecule has 2 rings (SSSR count). The fourth-order valence-electron chi connectivity index (χ4n) is 3.47. The zero-order valence-electron chi connectivity index (χ0n) is 13.3. The van der Waals surface area contributed by atoms with Crippen molar-refractivity contribution in [3.8, 4) is 0 Å². The highest BCUT2D eigenvalue weighted by Crippen LogP contribution is 2.32. The van der Waals surface area contributed by atoms with Crippen molar-refractivity contribution in [1.29, 1.82) is 0 Å². The van der Waals surface area contributed by atoms with E-state index in [1.807, 2.05) is 0 Å². The van der Waals surface area contributed by atoms with Crippen LogP contribution in [0, 0.1) is 11.8 Å². The van der Waals surface area contributed by atoms with E-state index in [2.05, 4.69) is 50.3 Å². The van der Waals surface area contributed by atoms with Crippen LogP contribution in [-0.2, 0) is 6.42 Å². The summed E-state index contributed by atoms with van der Waals surface area (Å²) in [4.78, 5) is 0. The maximum Gasteiger partial charge on any atom is -0.0232 e. The van der Waals surface area contributed by atoms with E-state index < -0.39 is 0 Å². The van der Waals surface area contributed by atoms with Crippen molar-refractivity contribution in [2.24, 2.45) is 11.8 Å². The van der Waals surface area contributed by atoms with E-state index >= 15 is 0 Å². The molecule has 0 radical (unpaired) electrons. The standard InChI is InChI=1S/C20H30/c1-3-8-18-13-15-20(16-14-18)17(2)9-7-12-19-10-5-4-6-11-19/h4-6,10-11,15,17-18H,3,7-9,12-14,16H2,1-2H3. The largest absolute Gasteiger partial charge is 0.0848 e. The summed E-state index contributed by atoms with van der Waals surface area (Å²) in [6.07, 6.45) is 13.4. The van der Waals surface area contributed by atoms with Crippen LogP contribution in [0.4, 0.5) is 0 Å². The number of rotatable bonds is 7. The Morgan fingerprint density at radius 3 is 2.65 bits per heavy atom. The summed E-state index contributed by atoms with van der Waals surface area (Å²) in [5, 5.41) is 0. The molecule has 0 nitrogen and oxygen atoms in total. The third-order valence-electron chi connectivity index (χ3n) is 4.83. The first-order valence-corrected chi connectivity index (χ1v) is 8.52. The van der Waals surface area contributed by atoms with Crippen molar-refractivity contribution >= 4 is 0 Å². The molecule has 0 N–H and O–H groups in total. The lowest BCUT2D eigenvalue weighted by Gasteiger charge is -2.25. The van der Waals surface area contributed by atoms with E-state index in [1.54, 1.807) is 5.57 Å². The molecular weight excluding hydrogens is 240 g/mol. The monoisotopic (exact) mass is 270 g/mol. The number of hydrogen-bond acceptors (Lipinski definition) is 0. The first-order chi connectivity index (χ1) is 9.79. The average Bonchev–Trinajstić information content (AvgIpc) is 2.49. The Morgan fingerprint density at radius 1 is 1.20 bits per heavy atom. The Morgan fingerprint density at radius 2 is 2.00 bits per heavy atom. The van der Waals surface area contributed by atoms with Crippen molar-refractivity contribution < 1.29 is 0 Å². The zero-order chi connectivity index (χ0) is 14.2. The second kappa shape index (κ2) is 8.29. The Labute approximate surface area is 125 Å². The van der Waals surface area contributed by atoms with Gasteiger partial charge in [0.15, 0.2) is 0 Å². The Bertz CT molecular complexity index is 401. The molecule has 1 aromatic rings. The second-order valence-electron chi connectivity index (χ2n) is 6.49. The molecular formula is C20H30. The lowest BCUT2D eigenvalue weighted by atomic mass is 9.81. The summed E-state index contributed by atoms with van der Waals surface area (Å²) >= 11 is 0. The maximum absolute atomic E-state index is 2.57. The first-order valence-electron chi connectivity index (χ1n) is 8.52. The third-order valence-corrected chi connectivity index (χ3v) is 4.83. The van der Waals surface area contributed by atoms with Gasteiger partial charge in [0.05, 0.1) is 0 Å². The molecule has 0 amide bonds. The van der Waals surface area contributed by atoms with Crippen molar-refractivity contribution in [3.05, 3.63) is 47.5 Å². The molecule has 1 aliphatic rings. The maximum atomic E-state index is 2.57. The zero-order valence-corrected chi connectivity index (χ0v) is 13.3. The van der Waals surface area contributed by atoms with Crippen LogP contribution in [0.2, 0.25) is 0 Å². The molecule has 0 fully saturated rings. The van der Waals surface area contributed by atoms with Gasteiger partial charge in [-0.3, -0.25) is 0 Å². The minimum atomic E-state index is 0.793. The molecule has 110 valence electrons. The van der Waals surface area contributed by atoms with Gasteiger partial charge in [-0.15, -0.1) is 0 Å². The molecule has 2 atom stereocenters. The van der Waals surface area contributed by atoms with Gasteiger partial charge in [-0.1, -0.05) is 68.7 Å². The lowest BCUT2D eigenvalue weighted by molar-refractivity contribution is 0.411. The quantitative estimate of drug-likeness (QED) is 0.519. The molecule has 0 aromatic heterocycles. The molecule has 0 heteroatoms. The van der Waals surface area contributed by atoms with Crippen molar-refractivity contribution in [3.63, 3.8) is 0 Å². The Hall–Kier alpha value is -1.04. The highest BCUT2D eigenvalue weighted by Gasteiger charge is 2.17. The smallest absolute Gasteiger partial charge is 0.0232 e. The molecule has 0 aliphatic heterocycles. The third kappa shape index (κ3) is 4.81. The van der Waals surface area contributed by atoms with Gasteiger partial charge < -0.3 is 0 Å². The summed E-state index contributed by atoms with van der Waals surface area (Å²) in [7, 11) is 0. The summed E-state index contributed by atoms with van der Waals surface area (Å²) in [5.74, 6) is 1.77. The predicted molar refractivity (Wildman–Crippen MR) is 88.9 cm³/mol. The van der Waals surface area contributed by atoms with E-state index in [0.29, 0.717) is 0 Å². The molecule has 0 heterocycles. The van der Waals surface area contributed by atoms with Gasteiger partial charge in [0.2, 0.25) is 0 Å². The average molecular weight is 270 g/mol. The minimum Gasteiger partial charge on any atom is -0.0848 e. The number of hydrogen-bond donors (Lipinski definition) is 0. The van der Waals surface area contributed by atoms with Gasteiger partial charge >= 0.3 is 0 Å². The van der Waals surface area contributed by atoms with Crippen LogP contribution < -0.4 is 0 Å². The number of benzene rings is 1. The van der Waals surface area contributed by atoms with Crippen molar-refractivity contribution in [2.75, 3.05) is 0 Å². The van der Waals surface area contributed by atoms with Gasteiger partial charge in [-0.25, -0.2) is 0 Å². The van der Waals surface area contributed by atoms with Crippen LogP contribution in [0.1, 0.15) is 64.4 Å². The SMILES string of the molecule is CCCC1CC=C(C(C)CCCc2ccccc2)CC1. The van der Waals surface area contributed by atoms with Crippen LogP contribution >= 0.6 is 0 Å². The molecule has 0 spiro atoms. The van der Waals surface area contributed by atoms with Gasteiger partial charge in [0.1, 0.15) is 0 Å². The van der Waals surface area contributed by atoms with E-state index in [9.17, 15) is 0 Å². The summed E-state index contributed by atoms with van der Waals surface area (Å²) in [6, 6.07) is 10.9. The number of allylic oxidation sites excluding steroid dienone is 2. The molecule has 20 heavy (non-hydrogen) atoms. The van der Waals surface area contributed by atoms with Gasteiger partial charge in [-0.05, 0) is 55.9 Å². The number of aryl methyl sites for hydroxylation is 1. The predicted octanol–water partition coefficient (Wildman–Crippen LogP) is 6.17. The summed E-state index contributed by atoms with van der Waals surface area (Å²) in [6.45, 7) is 4.74. The molecule has 0 bridgehead atoms. The fourth-order valence-corrected chi connectivity index (χ4v) is 3.47. The van der Waals surface area contributed by atoms with Crippen LogP contribution in [0.15, 0.2) is 42.0 Å². The van der Waals surface area contributed by atoms with Crippen LogP contribution in [-0.4, -0.2) is 0 Å².